The number of nitrogens with zero attached hydrogens (tertiary/aromatic N) is 3. The maximum absolute atomic E-state index is 12.3. The highest BCUT2D eigenvalue weighted by atomic mass is 28.5. The maximum atomic E-state index is 12.3. The van der Waals surface area contributed by atoms with Gasteiger partial charge in [-0.25, -0.2) is 4.98 Å². The molecule has 2 aliphatic heterocycles. The van der Waals surface area contributed by atoms with Crippen LogP contribution in [-0.4, -0.2) is 66.7 Å². The molecule has 2 fully saturated rings. The number of ether oxygens (including phenoxy) is 1. The molecule has 11 nitrogen and oxygen atoms in total. The summed E-state index contributed by atoms with van der Waals surface area (Å²) >= 11 is 0. The molecule has 196 valence electrons. The number of rotatable bonds is 5. The average molecular weight is 529 g/mol. The Balaban J connectivity index is 1.79. The zero-order valence-electron chi connectivity index (χ0n) is 21.8. The van der Waals surface area contributed by atoms with Gasteiger partial charge in [-0.15, -0.1) is 0 Å². The van der Waals surface area contributed by atoms with Crippen LogP contribution in [0.1, 0.15) is 61.6 Å². The Morgan fingerprint density at radius 3 is 2.26 bits per heavy atom. The summed E-state index contributed by atoms with van der Waals surface area (Å²) in [6.45, 7) is 17.4. The predicted octanol–water partition coefficient (Wildman–Crippen LogP) is 2.92. The normalized spacial score (nSPS) is 28.7. The van der Waals surface area contributed by atoms with Gasteiger partial charge >= 0.3 is 17.1 Å². The van der Waals surface area contributed by atoms with Crippen LogP contribution in [-0.2, 0) is 17.7 Å². The van der Waals surface area contributed by atoms with Crippen molar-refractivity contribution in [3.8, 4) is 0 Å². The van der Waals surface area contributed by atoms with Crippen molar-refractivity contribution >= 4 is 34.2 Å². The van der Waals surface area contributed by atoms with E-state index in [1.54, 1.807) is 4.57 Å². The van der Waals surface area contributed by atoms with E-state index < -0.39 is 47.2 Å². The van der Waals surface area contributed by atoms with E-state index >= 15 is 0 Å². The lowest BCUT2D eigenvalue weighted by Gasteiger charge is -2.51. The largest absolute Gasteiger partial charge is 0.414 e. The molecule has 0 bridgehead atoms. The first-order chi connectivity index (χ1) is 16.3. The first-order valence-electron chi connectivity index (χ1n) is 12.4. The zero-order valence-corrected chi connectivity index (χ0v) is 23.8. The number of fused-ring (bicyclic) bond motifs is 2. The van der Waals surface area contributed by atoms with Crippen molar-refractivity contribution < 1.29 is 22.8 Å². The number of hydrogen-bond donors (Lipinski definition) is 3. The number of aliphatic hydroxyl groups is 1. The van der Waals surface area contributed by atoms with Crippen LogP contribution in [0, 0.1) is 0 Å². The van der Waals surface area contributed by atoms with E-state index in [0.29, 0.717) is 0 Å². The Labute approximate surface area is 207 Å². The standard InChI is InChI=1S/C22H39N5O6Si2/c1-11(2)34(12(3)4)30-9-15-18(32-35(33-34,13(5)6)14(7)8)17(28)21(31-15)27-10-24-16-19(27)25-22(23)26-20(16)29/h10-15,17-18,21,28H,9H2,1-8H3,(H3,23,25,26,29)/t15-,17+,18+,21-/m1/s1/i22+1,23+1,26+1. The molecule has 0 amide bonds. The molecule has 4 rings (SSSR count). The SMILES string of the molecule is CC(C)[Si]1(C(C)C)OC[C@H]2O[C@@H](n3cnc4c(=O)[15nH][13c]([15NH2])nc43)[C@@H](O)[C@H]2O[Si](C(C)C)(C(C)C)O1. The summed E-state index contributed by atoms with van der Waals surface area (Å²) in [4.78, 5) is 23.1. The average Bonchev–Trinajstić information content (AvgIpc) is 3.28. The lowest BCUT2D eigenvalue weighted by atomic mass is 10.1. The van der Waals surface area contributed by atoms with E-state index in [0.717, 1.165) is 0 Å². The van der Waals surface area contributed by atoms with Crippen LogP contribution >= 0.6 is 0 Å². The van der Waals surface area contributed by atoms with Crippen molar-refractivity contribution in [2.75, 3.05) is 12.3 Å². The molecular weight excluding hydrogens is 489 g/mol. The van der Waals surface area contributed by atoms with Crippen molar-refractivity contribution in [3.05, 3.63) is 16.7 Å². The van der Waals surface area contributed by atoms with Crippen LogP contribution in [0.3, 0.4) is 0 Å². The molecule has 0 spiro atoms. The lowest BCUT2D eigenvalue weighted by molar-refractivity contribution is -0.0570. The van der Waals surface area contributed by atoms with E-state index in [-0.39, 0.29) is 45.9 Å². The summed E-state index contributed by atoms with van der Waals surface area (Å²) in [6, 6.07) is 0. The number of imidazole rings is 1. The molecule has 0 saturated carbocycles. The van der Waals surface area contributed by atoms with Crippen molar-refractivity contribution in [2.45, 2.75) is 102 Å². The highest BCUT2D eigenvalue weighted by Crippen LogP contribution is 2.48. The van der Waals surface area contributed by atoms with Crippen LogP contribution in [0.4, 0.5) is 5.95 Å². The third-order valence-corrected chi connectivity index (χ3v) is 17.6. The first-order valence-corrected chi connectivity index (χ1v) is 16.4. The smallest absolute Gasteiger partial charge is 0.335 e. The van der Waals surface area contributed by atoms with Crippen molar-refractivity contribution in [3.63, 3.8) is 0 Å². The van der Waals surface area contributed by atoms with Gasteiger partial charge in [0, 0.05) is 0 Å². The predicted molar refractivity (Wildman–Crippen MR) is 136 cm³/mol. The van der Waals surface area contributed by atoms with Gasteiger partial charge in [-0.2, -0.15) is 4.98 Å². The minimum absolute atomic E-state index is 0.0357. The first kappa shape index (κ1) is 26.4. The Morgan fingerprint density at radius 2 is 1.69 bits per heavy atom. The van der Waals surface area contributed by atoms with Crippen molar-refractivity contribution in [2.24, 2.45) is 0 Å². The minimum atomic E-state index is -2.91. The molecular formula is C22H39N5O6Si2. The fourth-order valence-corrected chi connectivity index (χ4v) is 16.7. The van der Waals surface area contributed by atoms with Crippen LogP contribution in [0.5, 0.6) is 0 Å². The third kappa shape index (κ3) is 4.20. The number of aliphatic hydroxyl groups excluding tert-OH is 1. The van der Waals surface area contributed by atoms with Crippen molar-refractivity contribution in [1.82, 2.24) is 19.5 Å². The quantitative estimate of drug-likeness (QED) is 0.394. The molecule has 4 N–H and O–H groups in total. The van der Waals surface area contributed by atoms with E-state index in [1.165, 1.54) is 6.33 Å². The molecule has 0 aliphatic carbocycles. The van der Waals surface area contributed by atoms with Gasteiger partial charge in [-0.3, -0.25) is 14.3 Å². The molecule has 0 radical (unpaired) electrons. The fraction of sp³-hybridized carbons (Fsp3) is 0.773. The molecule has 2 aromatic rings. The summed E-state index contributed by atoms with van der Waals surface area (Å²) in [7, 11) is -5.64. The highest BCUT2D eigenvalue weighted by molar-refractivity contribution is 6.83. The Hall–Kier alpha value is -1.62. The molecule has 4 atom stereocenters. The fourth-order valence-electron chi connectivity index (χ4n) is 5.50. The van der Waals surface area contributed by atoms with Crippen LogP contribution in [0.15, 0.2) is 11.1 Å². The Morgan fingerprint density at radius 1 is 1.09 bits per heavy atom. The number of nitrogens with two attached hydrogens (primary N) is 1. The molecule has 35 heavy (non-hydrogen) atoms. The molecule has 0 aromatic carbocycles. The van der Waals surface area contributed by atoms with Crippen molar-refractivity contribution in [1.29, 1.82) is 0 Å². The summed E-state index contributed by atoms with van der Waals surface area (Å²) in [5.74, 6) is -0.0357. The molecule has 2 aliphatic rings. The second kappa shape index (κ2) is 9.36. The van der Waals surface area contributed by atoms with Crippen LogP contribution < -0.4 is 11.3 Å². The second-order valence-corrected chi connectivity index (χ2v) is 19.7. The molecule has 13 heteroatoms. The summed E-state index contributed by atoms with van der Waals surface area (Å²) in [5, 5.41) is 11.5. The minimum Gasteiger partial charge on any atom is -0.414 e. The molecule has 2 aromatic heterocycles. The van der Waals surface area contributed by atoms with E-state index in [4.69, 9.17) is 23.4 Å². The number of nitrogen functional groups attached to an aromatic ring is 1. The van der Waals surface area contributed by atoms with Gasteiger partial charge in [0.2, 0.25) is 5.95 Å². The molecule has 2 saturated heterocycles. The molecule has 0 unspecified atom stereocenters. The topological polar surface area (TPSA) is 147 Å². The van der Waals surface area contributed by atoms with E-state index in [1.807, 2.05) is 0 Å². The second-order valence-electron chi connectivity index (χ2n) is 10.9. The third-order valence-electron chi connectivity index (χ3n) is 7.37. The zero-order chi connectivity index (χ0) is 25.9. The van der Waals surface area contributed by atoms with Gasteiger partial charge in [-0.1, -0.05) is 55.4 Å². The van der Waals surface area contributed by atoms with Gasteiger partial charge in [-0.05, 0) is 22.2 Å². The number of nitrogens with one attached hydrogen (secondary N) is 1. The van der Waals surface area contributed by atoms with Gasteiger partial charge in [0.1, 0.15) is 18.3 Å². The Bertz CT molecular complexity index is 1100. The highest BCUT2D eigenvalue weighted by Gasteiger charge is 2.61. The number of H-pyrrole nitrogens is 1. The van der Waals surface area contributed by atoms with Gasteiger partial charge in [0.15, 0.2) is 17.4 Å². The van der Waals surface area contributed by atoms with Gasteiger partial charge < -0.3 is 28.5 Å². The molecule has 4 heterocycles. The summed E-state index contributed by atoms with van der Waals surface area (Å²) in [6.07, 6.45) is -1.67. The van der Waals surface area contributed by atoms with Crippen LogP contribution in [0.25, 0.3) is 11.2 Å². The van der Waals surface area contributed by atoms with E-state index in [9.17, 15) is 9.90 Å². The lowest BCUT2D eigenvalue weighted by Crippen LogP contribution is -2.65. The van der Waals surface area contributed by atoms with Crippen LogP contribution in [0.2, 0.25) is 22.2 Å². The monoisotopic (exact) mass is 528 g/mol. The Kier molecular flexibility index (Phi) is 7.07. The number of aromatic nitrogens is 4. The summed E-state index contributed by atoms with van der Waals surface area (Å²) in [5.41, 5.74) is 6.33. The number of hydrogen-bond acceptors (Lipinski definition) is 9. The van der Waals surface area contributed by atoms with E-state index in [2.05, 4.69) is 70.3 Å². The number of anilines is 1. The van der Waals surface area contributed by atoms with Gasteiger partial charge in [0.25, 0.3) is 5.56 Å². The van der Waals surface area contributed by atoms with Gasteiger partial charge in [0.05, 0.1) is 12.9 Å². The number of aromatic amines is 1. The maximum Gasteiger partial charge on any atom is 0.335 e. The summed E-state index contributed by atoms with van der Waals surface area (Å²) < 4.78 is 28.7.